The molecule has 0 aliphatic carbocycles. The molecule has 0 spiro atoms. The van der Waals surface area contributed by atoms with Gasteiger partial charge in [-0.2, -0.15) is 0 Å². The maximum Gasteiger partial charge on any atom is 0.0135 e. The van der Waals surface area contributed by atoms with Gasteiger partial charge in [0.15, 0.2) is 0 Å². The van der Waals surface area contributed by atoms with Crippen LogP contribution in [0.5, 0.6) is 0 Å². The fraction of sp³-hybridized carbons (Fsp3) is 1.00. The molecular weight excluding hydrogens is 98.1 g/mol. The molecule has 0 bridgehead atoms. The minimum absolute atomic E-state index is 0.932. The first-order valence-corrected chi connectivity index (χ1v) is 3.53. The lowest BCUT2D eigenvalue weighted by Crippen LogP contribution is -2.04. The van der Waals surface area contributed by atoms with Crippen LogP contribution in [0, 0.1) is 5.92 Å². The summed E-state index contributed by atoms with van der Waals surface area (Å²) in [5.74, 6) is 0.932. The molecular formula is C7H14N. The molecule has 1 atom stereocenters. The Balaban J connectivity index is 2.17. The zero-order valence-electron chi connectivity index (χ0n) is 5.56. The molecule has 0 saturated carbocycles. The highest BCUT2D eigenvalue weighted by Gasteiger charge is 2.05. The summed E-state index contributed by atoms with van der Waals surface area (Å²) in [6.45, 7) is 4.55. The van der Waals surface area contributed by atoms with Crippen molar-refractivity contribution in [1.29, 1.82) is 0 Å². The molecule has 1 aliphatic heterocycles. The minimum atomic E-state index is 0.932. The number of nitrogens with zero attached hydrogens (tertiary/aromatic N) is 1. The highest BCUT2D eigenvalue weighted by Crippen LogP contribution is 2.11. The average molecular weight is 112 g/mol. The van der Waals surface area contributed by atoms with E-state index in [0.717, 1.165) is 19.0 Å². The third kappa shape index (κ3) is 1.83. The monoisotopic (exact) mass is 112 g/mol. The Hall–Kier alpha value is -0.0400. The number of hydrogen-bond donors (Lipinski definition) is 0. The fourth-order valence-corrected chi connectivity index (χ4v) is 1.12. The molecule has 0 N–H and O–H groups in total. The summed E-state index contributed by atoms with van der Waals surface area (Å²) in [6, 6.07) is 0. The highest BCUT2D eigenvalue weighted by atomic mass is 14.8. The van der Waals surface area contributed by atoms with Crippen molar-refractivity contribution < 1.29 is 0 Å². The van der Waals surface area contributed by atoms with Gasteiger partial charge in [-0.3, -0.25) is 0 Å². The van der Waals surface area contributed by atoms with Gasteiger partial charge < -0.3 is 0 Å². The quantitative estimate of drug-likeness (QED) is 0.450. The van der Waals surface area contributed by atoms with Gasteiger partial charge in [0, 0.05) is 13.1 Å². The van der Waals surface area contributed by atoms with Gasteiger partial charge in [-0.15, -0.1) is 0 Å². The van der Waals surface area contributed by atoms with Crippen molar-refractivity contribution in [2.45, 2.75) is 26.2 Å². The summed E-state index contributed by atoms with van der Waals surface area (Å²) in [4.78, 5) is 0. The summed E-state index contributed by atoms with van der Waals surface area (Å²) in [6.07, 6.45) is 4.03. The summed E-state index contributed by atoms with van der Waals surface area (Å²) in [5, 5.41) is 4.32. The topological polar surface area (TPSA) is 14.1 Å². The summed E-state index contributed by atoms with van der Waals surface area (Å²) < 4.78 is 0. The fourth-order valence-electron chi connectivity index (χ4n) is 1.12. The molecule has 1 rings (SSSR count). The van der Waals surface area contributed by atoms with E-state index in [9.17, 15) is 0 Å². The Morgan fingerprint density at radius 3 is 3.00 bits per heavy atom. The van der Waals surface area contributed by atoms with Crippen molar-refractivity contribution in [2.24, 2.45) is 5.92 Å². The van der Waals surface area contributed by atoms with Crippen molar-refractivity contribution >= 4 is 0 Å². The van der Waals surface area contributed by atoms with E-state index in [1.807, 2.05) is 0 Å². The normalized spacial score (nSPS) is 31.9. The molecule has 1 aliphatic rings. The third-order valence-corrected chi connectivity index (χ3v) is 1.79. The number of hydrogen-bond acceptors (Lipinski definition) is 0. The third-order valence-electron chi connectivity index (χ3n) is 1.79. The first kappa shape index (κ1) is 6.09. The lowest BCUT2D eigenvalue weighted by atomic mass is 10.0. The molecule has 0 aromatic carbocycles. The minimum Gasteiger partial charge on any atom is -0.242 e. The summed E-state index contributed by atoms with van der Waals surface area (Å²) >= 11 is 0. The molecule has 1 heteroatoms. The molecule has 0 amide bonds. The summed E-state index contributed by atoms with van der Waals surface area (Å²) in [5.41, 5.74) is 0. The van der Waals surface area contributed by atoms with E-state index in [4.69, 9.17) is 0 Å². The van der Waals surface area contributed by atoms with Crippen LogP contribution in [0.4, 0.5) is 0 Å². The van der Waals surface area contributed by atoms with Crippen LogP contribution in [-0.4, -0.2) is 13.1 Å². The molecule has 0 aromatic rings. The molecule has 1 saturated heterocycles. The second-order valence-electron chi connectivity index (χ2n) is 2.71. The van der Waals surface area contributed by atoms with Crippen molar-refractivity contribution in [3.8, 4) is 0 Å². The first-order valence-electron chi connectivity index (χ1n) is 3.53. The van der Waals surface area contributed by atoms with E-state index in [0.29, 0.717) is 0 Å². The van der Waals surface area contributed by atoms with Crippen LogP contribution in [0.2, 0.25) is 0 Å². The predicted molar refractivity (Wildman–Crippen MR) is 34.9 cm³/mol. The van der Waals surface area contributed by atoms with Gasteiger partial charge in [0.2, 0.25) is 0 Å². The smallest absolute Gasteiger partial charge is 0.0135 e. The van der Waals surface area contributed by atoms with Gasteiger partial charge in [-0.25, -0.2) is 5.32 Å². The van der Waals surface area contributed by atoms with Crippen LogP contribution < -0.4 is 5.32 Å². The molecule has 1 nitrogen and oxygen atoms in total. The van der Waals surface area contributed by atoms with Crippen LogP contribution in [0.15, 0.2) is 0 Å². The highest BCUT2D eigenvalue weighted by molar-refractivity contribution is 4.61. The Morgan fingerprint density at radius 1 is 1.25 bits per heavy atom. The van der Waals surface area contributed by atoms with Gasteiger partial charge >= 0.3 is 0 Å². The molecule has 1 radical (unpaired) electrons. The van der Waals surface area contributed by atoms with E-state index in [-0.39, 0.29) is 0 Å². The van der Waals surface area contributed by atoms with Gasteiger partial charge in [0.25, 0.3) is 0 Å². The van der Waals surface area contributed by atoms with Crippen molar-refractivity contribution in [1.82, 2.24) is 5.32 Å². The lowest BCUT2D eigenvalue weighted by Gasteiger charge is -2.01. The van der Waals surface area contributed by atoms with Crippen LogP contribution in [0.1, 0.15) is 26.2 Å². The van der Waals surface area contributed by atoms with Crippen LogP contribution >= 0.6 is 0 Å². The first-order chi connectivity index (χ1) is 3.89. The van der Waals surface area contributed by atoms with E-state index >= 15 is 0 Å². The van der Waals surface area contributed by atoms with Crippen LogP contribution in [-0.2, 0) is 0 Å². The zero-order chi connectivity index (χ0) is 5.82. The molecule has 0 aromatic heterocycles. The van der Waals surface area contributed by atoms with E-state index in [1.54, 1.807) is 0 Å². The summed E-state index contributed by atoms with van der Waals surface area (Å²) in [7, 11) is 0. The average Bonchev–Trinajstić information content (AvgIpc) is 1.94. The predicted octanol–water partition coefficient (Wildman–Crippen LogP) is 1.41. The number of rotatable bonds is 0. The van der Waals surface area contributed by atoms with Crippen LogP contribution in [0.25, 0.3) is 0 Å². The molecule has 1 fully saturated rings. The van der Waals surface area contributed by atoms with Crippen LogP contribution in [0.3, 0.4) is 0 Å². The maximum atomic E-state index is 4.32. The largest absolute Gasteiger partial charge is 0.242 e. The van der Waals surface area contributed by atoms with E-state index in [2.05, 4.69) is 12.2 Å². The van der Waals surface area contributed by atoms with Crippen molar-refractivity contribution in [2.75, 3.05) is 13.1 Å². The molecule has 8 heavy (non-hydrogen) atoms. The second-order valence-corrected chi connectivity index (χ2v) is 2.71. The standard InChI is InChI=1S/C7H14N/c1-7-3-2-5-8-6-4-7/h7H,2-6H2,1H3. The van der Waals surface area contributed by atoms with E-state index in [1.165, 1.54) is 19.3 Å². The Morgan fingerprint density at radius 2 is 2.12 bits per heavy atom. The zero-order valence-corrected chi connectivity index (χ0v) is 5.56. The van der Waals surface area contributed by atoms with Crippen molar-refractivity contribution in [3.05, 3.63) is 0 Å². The molecule has 1 unspecified atom stereocenters. The molecule has 47 valence electrons. The Kier molecular flexibility index (Phi) is 2.34. The SMILES string of the molecule is CC1CCC[N]CC1. The lowest BCUT2D eigenvalue weighted by molar-refractivity contribution is 0.518. The van der Waals surface area contributed by atoms with Gasteiger partial charge in [0.05, 0.1) is 0 Å². The Bertz CT molecular complexity index is 53.4. The van der Waals surface area contributed by atoms with Gasteiger partial charge in [-0.05, 0) is 25.2 Å². The van der Waals surface area contributed by atoms with Gasteiger partial charge in [-0.1, -0.05) is 6.92 Å². The van der Waals surface area contributed by atoms with Gasteiger partial charge in [0.1, 0.15) is 0 Å². The Labute approximate surface area is 51.5 Å². The maximum absolute atomic E-state index is 4.32. The second kappa shape index (κ2) is 3.08. The van der Waals surface area contributed by atoms with E-state index < -0.39 is 0 Å². The molecule has 1 heterocycles. The van der Waals surface area contributed by atoms with Crippen molar-refractivity contribution in [3.63, 3.8) is 0 Å².